The van der Waals surface area contributed by atoms with E-state index in [1.165, 1.54) is 12.3 Å². The Bertz CT molecular complexity index is 915. The van der Waals surface area contributed by atoms with Crippen molar-refractivity contribution >= 4 is 29.0 Å². The summed E-state index contributed by atoms with van der Waals surface area (Å²) in [7, 11) is 0. The lowest BCUT2D eigenvalue weighted by molar-refractivity contribution is 0.0950. The molecule has 1 heterocycles. The van der Waals surface area contributed by atoms with Crippen LogP contribution in [0.2, 0.25) is 5.02 Å². The molecule has 0 bridgehead atoms. The number of anilines is 2. The van der Waals surface area contributed by atoms with Crippen molar-refractivity contribution in [3.05, 3.63) is 88.6 Å². The molecule has 0 unspecified atom stereocenters. The topological polar surface area (TPSA) is 54.0 Å². The molecule has 7 heteroatoms. The van der Waals surface area contributed by atoms with Gasteiger partial charge < -0.3 is 10.6 Å². The minimum Gasteiger partial charge on any atom is -0.348 e. The van der Waals surface area contributed by atoms with Crippen LogP contribution in [-0.4, -0.2) is 10.9 Å². The Labute approximate surface area is 153 Å². The van der Waals surface area contributed by atoms with E-state index in [-0.39, 0.29) is 5.91 Å². The van der Waals surface area contributed by atoms with Crippen molar-refractivity contribution in [2.45, 2.75) is 6.54 Å². The number of amides is 1. The van der Waals surface area contributed by atoms with Gasteiger partial charge in [0, 0.05) is 29.5 Å². The first-order chi connectivity index (χ1) is 12.5. The summed E-state index contributed by atoms with van der Waals surface area (Å²) in [5.74, 6) is -1.73. The van der Waals surface area contributed by atoms with Gasteiger partial charge in [-0.3, -0.25) is 4.79 Å². The number of benzene rings is 2. The second-order valence-corrected chi connectivity index (χ2v) is 5.93. The Morgan fingerprint density at radius 3 is 2.42 bits per heavy atom. The zero-order valence-electron chi connectivity index (χ0n) is 13.5. The Morgan fingerprint density at radius 2 is 1.77 bits per heavy atom. The molecule has 0 fully saturated rings. The summed E-state index contributed by atoms with van der Waals surface area (Å²) in [5.41, 5.74) is 1.67. The molecule has 26 heavy (non-hydrogen) atoms. The quantitative estimate of drug-likeness (QED) is 0.682. The maximum Gasteiger partial charge on any atom is 0.253 e. The van der Waals surface area contributed by atoms with E-state index in [9.17, 15) is 13.6 Å². The first kappa shape index (κ1) is 17.8. The predicted molar refractivity (Wildman–Crippen MR) is 96.5 cm³/mol. The fraction of sp³-hybridized carbons (Fsp3) is 0.0526. The molecule has 2 aromatic carbocycles. The number of nitrogens with one attached hydrogen (secondary N) is 2. The second-order valence-electron chi connectivity index (χ2n) is 5.50. The first-order valence-electron chi connectivity index (χ1n) is 7.72. The maximum absolute atomic E-state index is 13.2. The van der Waals surface area contributed by atoms with Gasteiger partial charge >= 0.3 is 0 Å². The maximum atomic E-state index is 13.2. The van der Waals surface area contributed by atoms with Crippen molar-refractivity contribution < 1.29 is 13.6 Å². The third kappa shape index (κ3) is 4.55. The summed E-state index contributed by atoms with van der Waals surface area (Å²) in [6.07, 6.45) is 1.40. The number of carbonyl (C=O) groups is 1. The molecule has 2 N–H and O–H groups in total. The van der Waals surface area contributed by atoms with E-state index in [4.69, 9.17) is 11.6 Å². The largest absolute Gasteiger partial charge is 0.348 e. The highest BCUT2D eigenvalue weighted by molar-refractivity contribution is 6.30. The molecule has 0 aliphatic heterocycles. The van der Waals surface area contributed by atoms with E-state index in [0.717, 1.165) is 17.7 Å². The van der Waals surface area contributed by atoms with E-state index in [1.54, 1.807) is 24.3 Å². The number of halogens is 3. The second kappa shape index (κ2) is 7.93. The zero-order chi connectivity index (χ0) is 18.5. The Kier molecular flexibility index (Phi) is 5.43. The monoisotopic (exact) mass is 373 g/mol. The number of rotatable bonds is 5. The molecule has 132 valence electrons. The Hall–Kier alpha value is -2.99. The van der Waals surface area contributed by atoms with Crippen LogP contribution in [0.3, 0.4) is 0 Å². The van der Waals surface area contributed by atoms with Gasteiger partial charge in [-0.2, -0.15) is 0 Å². The van der Waals surface area contributed by atoms with E-state index in [2.05, 4.69) is 15.6 Å². The van der Waals surface area contributed by atoms with Crippen molar-refractivity contribution in [3.63, 3.8) is 0 Å². The van der Waals surface area contributed by atoms with Gasteiger partial charge in [-0.05, 0) is 42.0 Å². The van der Waals surface area contributed by atoms with E-state index >= 15 is 0 Å². The average Bonchev–Trinajstić information content (AvgIpc) is 2.65. The summed E-state index contributed by atoms with van der Waals surface area (Å²) < 4.78 is 26.1. The highest BCUT2D eigenvalue weighted by Gasteiger charge is 2.07. The van der Waals surface area contributed by atoms with Gasteiger partial charge in [-0.15, -0.1) is 0 Å². The number of aromatic nitrogens is 1. The van der Waals surface area contributed by atoms with Gasteiger partial charge in [-0.25, -0.2) is 13.8 Å². The summed E-state index contributed by atoms with van der Waals surface area (Å²) in [4.78, 5) is 16.3. The van der Waals surface area contributed by atoms with Crippen LogP contribution < -0.4 is 10.6 Å². The van der Waals surface area contributed by atoms with Crippen LogP contribution in [0.5, 0.6) is 0 Å². The summed E-state index contributed by atoms with van der Waals surface area (Å²) >= 11 is 5.82. The number of hydrogen-bond acceptors (Lipinski definition) is 3. The first-order valence-corrected chi connectivity index (χ1v) is 8.10. The van der Waals surface area contributed by atoms with Crippen LogP contribution in [-0.2, 0) is 6.54 Å². The van der Waals surface area contributed by atoms with Gasteiger partial charge in [0.15, 0.2) is 11.6 Å². The molecule has 0 spiro atoms. The van der Waals surface area contributed by atoms with Crippen molar-refractivity contribution in [2.24, 2.45) is 0 Å². The molecule has 0 atom stereocenters. The van der Waals surface area contributed by atoms with Crippen molar-refractivity contribution in [1.82, 2.24) is 10.3 Å². The van der Waals surface area contributed by atoms with Gasteiger partial charge in [0.2, 0.25) is 0 Å². The molecule has 0 aliphatic rings. The number of carbonyl (C=O) groups excluding carboxylic acids is 1. The highest BCUT2D eigenvalue weighted by atomic mass is 35.5. The van der Waals surface area contributed by atoms with E-state index in [1.807, 2.05) is 12.1 Å². The molecule has 0 aliphatic carbocycles. The summed E-state index contributed by atoms with van der Waals surface area (Å²) in [5, 5.41) is 6.26. The number of hydrogen-bond donors (Lipinski definition) is 2. The number of pyridine rings is 1. The smallest absolute Gasteiger partial charge is 0.253 e. The molecule has 1 aromatic heterocycles. The highest BCUT2D eigenvalue weighted by Crippen LogP contribution is 2.17. The molecule has 0 saturated heterocycles. The van der Waals surface area contributed by atoms with Gasteiger partial charge in [-0.1, -0.05) is 23.7 Å². The third-order valence-electron chi connectivity index (χ3n) is 3.58. The third-order valence-corrected chi connectivity index (χ3v) is 3.84. The van der Waals surface area contributed by atoms with Crippen molar-refractivity contribution in [2.75, 3.05) is 5.32 Å². The molecular formula is C19H14ClF2N3O. The van der Waals surface area contributed by atoms with Gasteiger partial charge in [0.1, 0.15) is 5.82 Å². The molecule has 0 saturated carbocycles. The van der Waals surface area contributed by atoms with Crippen molar-refractivity contribution in [1.29, 1.82) is 0 Å². The van der Waals surface area contributed by atoms with E-state index in [0.29, 0.717) is 28.6 Å². The lowest BCUT2D eigenvalue weighted by Gasteiger charge is -2.08. The molecule has 3 aromatic rings. The lowest BCUT2D eigenvalue weighted by atomic mass is 10.2. The number of nitrogens with zero attached hydrogens (tertiary/aromatic N) is 1. The predicted octanol–water partition coefficient (Wildman–Crippen LogP) is 4.69. The molecule has 1 amide bonds. The minimum atomic E-state index is -0.951. The average molecular weight is 374 g/mol. The zero-order valence-corrected chi connectivity index (χ0v) is 14.2. The Balaban J connectivity index is 1.60. The van der Waals surface area contributed by atoms with Crippen LogP contribution in [0.15, 0.2) is 60.8 Å². The Morgan fingerprint density at radius 1 is 1.00 bits per heavy atom. The van der Waals surface area contributed by atoms with Crippen LogP contribution in [0.1, 0.15) is 15.9 Å². The van der Waals surface area contributed by atoms with E-state index < -0.39 is 11.6 Å². The lowest BCUT2D eigenvalue weighted by Crippen LogP contribution is -2.22. The molecular weight excluding hydrogens is 360 g/mol. The molecule has 3 rings (SSSR count). The normalized spacial score (nSPS) is 10.4. The standard InChI is InChI=1S/C19H14ClF2N3O/c20-14-4-1-12(2-5-14)10-24-19(26)13-3-8-18(23-11-13)25-15-6-7-16(21)17(22)9-15/h1-9,11H,10H2,(H,23,25)(H,24,26). The summed E-state index contributed by atoms with van der Waals surface area (Å²) in [6, 6.07) is 13.8. The molecule has 0 radical (unpaired) electrons. The summed E-state index contributed by atoms with van der Waals surface area (Å²) in [6.45, 7) is 0.366. The fourth-order valence-electron chi connectivity index (χ4n) is 2.21. The minimum absolute atomic E-state index is 0.271. The SMILES string of the molecule is O=C(NCc1ccc(Cl)cc1)c1ccc(Nc2ccc(F)c(F)c2)nc1. The van der Waals surface area contributed by atoms with Gasteiger partial charge in [0.25, 0.3) is 5.91 Å². The van der Waals surface area contributed by atoms with Crippen molar-refractivity contribution in [3.8, 4) is 0 Å². The molecule has 4 nitrogen and oxygen atoms in total. The van der Waals surface area contributed by atoms with Gasteiger partial charge in [0.05, 0.1) is 5.56 Å². The van der Waals surface area contributed by atoms with Crippen LogP contribution in [0.4, 0.5) is 20.3 Å². The van der Waals surface area contributed by atoms with Crippen LogP contribution in [0, 0.1) is 11.6 Å². The van der Waals surface area contributed by atoms with Crippen LogP contribution >= 0.6 is 11.6 Å². The van der Waals surface area contributed by atoms with Crippen LogP contribution in [0.25, 0.3) is 0 Å². The fourth-order valence-corrected chi connectivity index (χ4v) is 2.34.